The Morgan fingerprint density at radius 2 is 1.50 bits per heavy atom. The first-order chi connectivity index (χ1) is 9.15. The minimum atomic E-state index is -0.169. The molecule has 2 fully saturated rings. The summed E-state index contributed by atoms with van der Waals surface area (Å²) in [6.07, 6.45) is 17.1. The van der Waals surface area contributed by atoms with Crippen molar-refractivity contribution in [2.45, 2.75) is 19.9 Å². The topological polar surface area (TPSA) is 49.3 Å². The van der Waals surface area contributed by atoms with Crippen molar-refractivity contribution in [3.8, 4) is 0 Å². The summed E-state index contributed by atoms with van der Waals surface area (Å²) in [6.45, 7) is 3.91. The molecular formula is C16H21FeNO2. The fourth-order valence-electron chi connectivity index (χ4n) is 1.52. The van der Waals surface area contributed by atoms with Crippen molar-refractivity contribution in [1.82, 2.24) is 5.32 Å². The standard InChI is InChI=1S/C11H16NO2.C5H5.Fe/c1-8(2)10(7-13)12-11(14)9-5-3-4-6-9;1-2-4-5-3-1;/h3-6,8,10,13H,7H2,1-2H3,(H,12,14);1-5H;/t10-;;/m1../s1. The van der Waals surface area contributed by atoms with Gasteiger partial charge in [-0.3, -0.25) is 4.79 Å². The Kier molecular flexibility index (Phi) is 11.6. The molecule has 1 atom stereocenters. The number of carbonyl (C=O) groups is 1. The van der Waals surface area contributed by atoms with E-state index in [1.807, 2.05) is 58.8 Å². The number of aliphatic hydroxyl groups excluding tert-OH is 1. The molecule has 2 aliphatic carbocycles. The average molecular weight is 315 g/mol. The minimum absolute atomic E-state index is 0. The van der Waals surface area contributed by atoms with Crippen molar-refractivity contribution in [3.63, 3.8) is 0 Å². The Morgan fingerprint density at radius 1 is 1.05 bits per heavy atom. The van der Waals surface area contributed by atoms with E-state index in [1.165, 1.54) is 0 Å². The van der Waals surface area contributed by atoms with E-state index in [4.69, 9.17) is 5.11 Å². The molecule has 0 bridgehead atoms. The number of nitrogens with one attached hydrogen (secondary N) is 1. The Bertz CT molecular complexity index is 241. The third-order valence-electron chi connectivity index (χ3n) is 2.80. The van der Waals surface area contributed by atoms with E-state index >= 15 is 0 Å². The van der Waals surface area contributed by atoms with Gasteiger partial charge in [-0.1, -0.05) is 13.8 Å². The first-order valence-electron chi connectivity index (χ1n) is 6.45. The maximum Gasteiger partial charge on any atom is 0.228 e. The van der Waals surface area contributed by atoms with Crippen LogP contribution in [0.15, 0.2) is 0 Å². The van der Waals surface area contributed by atoms with Crippen LogP contribution in [0.25, 0.3) is 0 Å². The summed E-state index contributed by atoms with van der Waals surface area (Å²) in [5.41, 5.74) is 0. The van der Waals surface area contributed by atoms with Gasteiger partial charge < -0.3 is 10.4 Å². The fourth-order valence-corrected chi connectivity index (χ4v) is 1.52. The third-order valence-corrected chi connectivity index (χ3v) is 2.80. The predicted octanol–water partition coefficient (Wildman–Crippen LogP) is 1.54. The van der Waals surface area contributed by atoms with Crippen molar-refractivity contribution >= 4 is 5.91 Å². The van der Waals surface area contributed by atoms with Crippen LogP contribution in [0, 0.1) is 69.6 Å². The third kappa shape index (κ3) is 7.66. The Balaban J connectivity index is 0.000000507. The van der Waals surface area contributed by atoms with Gasteiger partial charge in [0.2, 0.25) is 5.91 Å². The van der Waals surface area contributed by atoms with E-state index in [9.17, 15) is 4.79 Å². The summed E-state index contributed by atoms with van der Waals surface area (Å²) >= 11 is 0. The summed E-state index contributed by atoms with van der Waals surface area (Å²) in [4.78, 5) is 11.6. The van der Waals surface area contributed by atoms with Gasteiger partial charge in [-0.2, -0.15) is 0 Å². The second kappa shape index (κ2) is 11.6. The van der Waals surface area contributed by atoms with Crippen molar-refractivity contribution in [2.24, 2.45) is 5.92 Å². The van der Waals surface area contributed by atoms with E-state index in [0.29, 0.717) is 5.92 Å². The molecule has 0 spiro atoms. The monoisotopic (exact) mass is 315 g/mol. The zero-order valence-electron chi connectivity index (χ0n) is 11.8. The Hall–Kier alpha value is -0.0505. The molecule has 0 aromatic rings. The molecule has 0 aromatic heterocycles. The molecule has 1 amide bonds. The van der Waals surface area contributed by atoms with Crippen LogP contribution in [0.2, 0.25) is 0 Å². The summed E-state index contributed by atoms with van der Waals surface area (Å²) in [5.74, 6) is 0.755. The fraction of sp³-hybridized carbons (Fsp3) is 0.312. The number of carbonyl (C=O) groups excluding carboxylic acids is 1. The van der Waals surface area contributed by atoms with Gasteiger partial charge in [-0.05, 0) is 63.7 Å². The van der Waals surface area contributed by atoms with Crippen molar-refractivity contribution in [3.05, 3.63) is 63.7 Å². The van der Waals surface area contributed by atoms with Gasteiger partial charge in [0.05, 0.1) is 18.6 Å². The van der Waals surface area contributed by atoms with E-state index in [1.54, 1.807) is 12.8 Å². The van der Waals surface area contributed by atoms with Gasteiger partial charge in [0.15, 0.2) is 0 Å². The maximum absolute atomic E-state index is 11.6. The molecule has 2 rings (SSSR count). The van der Waals surface area contributed by atoms with Crippen LogP contribution in [0.4, 0.5) is 0 Å². The molecule has 0 aromatic carbocycles. The SMILES string of the molecule is CC(C)[C@@H](CO)NC(=O)[C]1[CH][CH][CH][CH]1.[CH]1[CH][CH][CH][CH]1.[Fe]. The molecule has 0 heterocycles. The molecule has 4 heteroatoms. The summed E-state index contributed by atoms with van der Waals surface area (Å²) in [7, 11) is 0. The van der Waals surface area contributed by atoms with Crippen molar-refractivity contribution < 1.29 is 27.0 Å². The van der Waals surface area contributed by atoms with Crippen LogP contribution in [0.5, 0.6) is 0 Å². The van der Waals surface area contributed by atoms with Gasteiger partial charge in [0.25, 0.3) is 0 Å². The molecular weight excluding hydrogens is 294 g/mol. The van der Waals surface area contributed by atoms with E-state index in [-0.39, 0.29) is 41.5 Å². The first-order valence-corrected chi connectivity index (χ1v) is 6.45. The van der Waals surface area contributed by atoms with Crippen LogP contribution >= 0.6 is 0 Å². The van der Waals surface area contributed by atoms with Gasteiger partial charge in [-0.25, -0.2) is 0 Å². The first kappa shape index (κ1) is 19.9. The normalized spacial score (nSPS) is 20.0. The Morgan fingerprint density at radius 3 is 1.85 bits per heavy atom. The molecule has 110 valence electrons. The van der Waals surface area contributed by atoms with Crippen LogP contribution in [0.1, 0.15) is 13.8 Å². The van der Waals surface area contributed by atoms with E-state index in [0.717, 1.165) is 0 Å². The van der Waals surface area contributed by atoms with Gasteiger partial charge >= 0.3 is 0 Å². The maximum atomic E-state index is 11.6. The molecule has 20 heavy (non-hydrogen) atoms. The zero-order chi connectivity index (χ0) is 14.1. The average Bonchev–Trinajstić information content (AvgIpc) is 3.07. The van der Waals surface area contributed by atoms with Crippen molar-refractivity contribution in [2.75, 3.05) is 6.61 Å². The minimum Gasteiger partial charge on any atom is -0.394 e. The van der Waals surface area contributed by atoms with Crippen molar-refractivity contribution in [1.29, 1.82) is 0 Å². The molecule has 2 saturated carbocycles. The quantitative estimate of drug-likeness (QED) is 0.773. The second-order valence-corrected chi connectivity index (χ2v) is 4.64. The molecule has 0 aliphatic heterocycles. The summed E-state index contributed by atoms with van der Waals surface area (Å²) in [6, 6.07) is -0.169. The molecule has 0 unspecified atom stereocenters. The molecule has 0 saturated heterocycles. The van der Waals surface area contributed by atoms with Gasteiger partial charge in [0.1, 0.15) is 0 Å². The van der Waals surface area contributed by atoms with Crippen LogP contribution in [-0.4, -0.2) is 23.7 Å². The molecule has 3 nitrogen and oxygen atoms in total. The van der Waals surface area contributed by atoms with E-state index in [2.05, 4.69) is 5.32 Å². The largest absolute Gasteiger partial charge is 0.394 e. The zero-order valence-corrected chi connectivity index (χ0v) is 12.9. The van der Waals surface area contributed by atoms with Crippen LogP contribution in [-0.2, 0) is 21.9 Å². The Labute approximate surface area is 134 Å². The number of hydrogen-bond acceptors (Lipinski definition) is 2. The summed E-state index contributed by atoms with van der Waals surface area (Å²) in [5, 5.41) is 11.8. The molecule has 2 N–H and O–H groups in total. The number of amides is 1. The molecule has 10 radical (unpaired) electrons. The second-order valence-electron chi connectivity index (χ2n) is 4.64. The number of aliphatic hydroxyl groups is 1. The molecule has 2 aliphatic rings. The van der Waals surface area contributed by atoms with Gasteiger partial charge in [-0.15, -0.1) is 0 Å². The number of hydrogen-bond donors (Lipinski definition) is 2. The van der Waals surface area contributed by atoms with Gasteiger partial charge in [0, 0.05) is 17.1 Å². The number of rotatable bonds is 4. The van der Waals surface area contributed by atoms with E-state index < -0.39 is 0 Å². The van der Waals surface area contributed by atoms with Crippen LogP contribution in [0.3, 0.4) is 0 Å². The predicted molar refractivity (Wildman–Crippen MR) is 75.8 cm³/mol. The van der Waals surface area contributed by atoms with Crippen LogP contribution < -0.4 is 5.32 Å². The smallest absolute Gasteiger partial charge is 0.228 e. The summed E-state index contributed by atoms with van der Waals surface area (Å²) < 4.78 is 0.